The minimum Gasteiger partial charge on any atom is -0.497 e. The van der Waals surface area contributed by atoms with Crippen LogP contribution in [-0.2, 0) is 6.42 Å². The van der Waals surface area contributed by atoms with Gasteiger partial charge in [0.1, 0.15) is 17.3 Å². The van der Waals surface area contributed by atoms with Crippen molar-refractivity contribution < 1.29 is 9.47 Å². The standard InChI is InChI=1S/C15H12BrNO2/c1-18-13-4-2-10-3-5-14(19-15(10)7-13)11-6-12(16)9-17-8-11/h2,4-9H,3H2,1H3. The highest BCUT2D eigenvalue weighted by atomic mass is 79.9. The van der Waals surface area contributed by atoms with Crippen LogP contribution in [0.5, 0.6) is 11.5 Å². The quantitative estimate of drug-likeness (QED) is 0.843. The van der Waals surface area contributed by atoms with Crippen LogP contribution in [0.1, 0.15) is 11.1 Å². The lowest BCUT2D eigenvalue weighted by atomic mass is 10.1. The predicted molar refractivity (Wildman–Crippen MR) is 77.2 cm³/mol. The van der Waals surface area contributed by atoms with Crippen LogP contribution >= 0.6 is 15.9 Å². The van der Waals surface area contributed by atoms with Crippen LogP contribution in [0.15, 0.2) is 47.2 Å². The molecule has 0 N–H and O–H groups in total. The topological polar surface area (TPSA) is 31.4 Å². The summed E-state index contributed by atoms with van der Waals surface area (Å²) < 4.78 is 12.1. The van der Waals surface area contributed by atoms with E-state index in [4.69, 9.17) is 9.47 Å². The average molecular weight is 318 g/mol. The third kappa shape index (κ3) is 2.49. The van der Waals surface area contributed by atoms with Gasteiger partial charge in [0.2, 0.25) is 0 Å². The van der Waals surface area contributed by atoms with Crippen LogP contribution in [0.3, 0.4) is 0 Å². The number of aromatic nitrogens is 1. The number of ether oxygens (including phenoxy) is 2. The first-order valence-corrected chi connectivity index (χ1v) is 6.71. The van der Waals surface area contributed by atoms with Crippen molar-refractivity contribution in [3.05, 3.63) is 58.3 Å². The summed E-state index contributed by atoms with van der Waals surface area (Å²) in [7, 11) is 1.65. The highest BCUT2D eigenvalue weighted by Crippen LogP contribution is 2.33. The SMILES string of the molecule is COc1ccc2c(c1)OC(c1cncc(Br)c1)=CC2. The molecule has 19 heavy (non-hydrogen) atoms. The summed E-state index contributed by atoms with van der Waals surface area (Å²) in [5.41, 5.74) is 2.12. The number of halogens is 1. The van der Waals surface area contributed by atoms with Crippen molar-refractivity contribution in [2.45, 2.75) is 6.42 Å². The van der Waals surface area contributed by atoms with E-state index in [9.17, 15) is 0 Å². The molecule has 0 radical (unpaired) electrons. The molecule has 2 aromatic rings. The molecule has 3 rings (SSSR count). The number of benzene rings is 1. The zero-order valence-electron chi connectivity index (χ0n) is 10.4. The van der Waals surface area contributed by atoms with E-state index >= 15 is 0 Å². The monoisotopic (exact) mass is 317 g/mol. The van der Waals surface area contributed by atoms with Crippen molar-refractivity contribution >= 4 is 21.7 Å². The molecule has 0 spiro atoms. The first kappa shape index (κ1) is 12.2. The molecule has 96 valence electrons. The Morgan fingerprint density at radius 1 is 1.26 bits per heavy atom. The van der Waals surface area contributed by atoms with Gasteiger partial charge in [0.15, 0.2) is 0 Å². The van der Waals surface area contributed by atoms with Crippen LogP contribution in [-0.4, -0.2) is 12.1 Å². The Kier molecular flexibility index (Phi) is 3.25. The number of nitrogens with zero attached hydrogens (tertiary/aromatic N) is 1. The van der Waals surface area contributed by atoms with E-state index in [1.807, 2.05) is 24.3 Å². The summed E-state index contributed by atoms with van der Waals surface area (Å²) >= 11 is 3.42. The largest absolute Gasteiger partial charge is 0.497 e. The van der Waals surface area contributed by atoms with Crippen molar-refractivity contribution in [3.8, 4) is 11.5 Å². The summed E-state index contributed by atoms with van der Waals surface area (Å²) in [6.07, 6.45) is 6.46. The van der Waals surface area contributed by atoms with Gasteiger partial charge in [-0.05, 0) is 46.1 Å². The fourth-order valence-corrected chi connectivity index (χ4v) is 2.38. The number of allylic oxidation sites excluding steroid dienone is 1. The third-order valence-corrected chi connectivity index (χ3v) is 3.42. The Hall–Kier alpha value is -1.81. The molecular formula is C15H12BrNO2. The molecule has 0 unspecified atom stereocenters. The summed E-state index contributed by atoms with van der Waals surface area (Å²) in [6.45, 7) is 0. The van der Waals surface area contributed by atoms with Gasteiger partial charge in [0.25, 0.3) is 0 Å². The second-order valence-corrected chi connectivity index (χ2v) is 5.16. The third-order valence-electron chi connectivity index (χ3n) is 2.99. The van der Waals surface area contributed by atoms with E-state index < -0.39 is 0 Å². The number of hydrogen-bond acceptors (Lipinski definition) is 3. The van der Waals surface area contributed by atoms with E-state index in [-0.39, 0.29) is 0 Å². The molecule has 1 aromatic heterocycles. The van der Waals surface area contributed by atoms with Gasteiger partial charge >= 0.3 is 0 Å². The Labute approximate surface area is 120 Å². The second-order valence-electron chi connectivity index (χ2n) is 4.24. The number of hydrogen-bond donors (Lipinski definition) is 0. The molecule has 0 aliphatic carbocycles. The van der Waals surface area contributed by atoms with Gasteiger partial charge in [-0.25, -0.2) is 0 Å². The number of methoxy groups -OCH3 is 1. The first-order chi connectivity index (χ1) is 9.26. The Morgan fingerprint density at radius 2 is 2.16 bits per heavy atom. The minimum absolute atomic E-state index is 0.798. The zero-order chi connectivity index (χ0) is 13.2. The molecule has 0 atom stereocenters. The molecule has 0 fully saturated rings. The van der Waals surface area contributed by atoms with Crippen LogP contribution in [0, 0.1) is 0 Å². The van der Waals surface area contributed by atoms with Gasteiger partial charge < -0.3 is 9.47 Å². The van der Waals surface area contributed by atoms with E-state index in [0.29, 0.717) is 0 Å². The highest BCUT2D eigenvalue weighted by molar-refractivity contribution is 9.10. The summed E-state index contributed by atoms with van der Waals surface area (Å²) in [5, 5.41) is 0. The maximum atomic E-state index is 5.94. The number of rotatable bonds is 2. The normalized spacial score (nSPS) is 13.3. The fourth-order valence-electron chi connectivity index (χ4n) is 2.01. The van der Waals surface area contributed by atoms with Crippen LogP contribution < -0.4 is 9.47 Å². The second kappa shape index (κ2) is 5.05. The van der Waals surface area contributed by atoms with Gasteiger partial charge in [-0.2, -0.15) is 0 Å². The molecule has 1 aromatic carbocycles. The summed E-state index contributed by atoms with van der Waals surface area (Å²) in [6, 6.07) is 7.88. The van der Waals surface area contributed by atoms with Crippen molar-refractivity contribution in [2.75, 3.05) is 7.11 Å². The van der Waals surface area contributed by atoms with E-state index in [0.717, 1.165) is 39.3 Å². The minimum atomic E-state index is 0.798. The molecule has 1 aliphatic heterocycles. The molecule has 0 saturated heterocycles. The lowest BCUT2D eigenvalue weighted by molar-refractivity contribution is 0.409. The Bertz CT molecular complexity index is 652. The van der Waals surface area contributed by atoms with E-state index in [1.165, 1.54) is 0 Å². The molecule has 1 aliphatic rings. The molecule has 2 heterocycles. The van der Waals surface area contributed by atoms with Gasteiger partial charge in [-0.3, -0.25) is 4.98 Å². The number of pyridine rings is 1. The van der Waals surface area contributed by atoms with Crippen molar-refractivity contribution in [1.29, 1.82) is 0 Å². The molecule has 0 amide bonds. The smallest absolute Gasteiger partial charge is 0.134 e. The van der Waals surface area contributed by atoms with Crippen LogP contribution in [0.25, 0.3) is 5.76 Å². The maximum absolute atomic E-state index is 5.94. The molecular weight excluding hydrogens is 306 g/mol. The fraction of sp³-hybridized carbons (Fsp3) is 0.133. The van der Waals surface area contributed by atoms with Crippen LogP contribution in [0.2, 0.25) is 0 Å². The van der Waals surface area contributed by atoms with Gasteiger partial charge in [0.05, 0.1) is 7.11 Å². The van der Waals surface area contributed by atoms with E-state index in [1.54, 1.807) is 19.5 Å². The molecule has 0 saturated carbocycles. The zero-order valence-corrected chi connectivity index (χ0v) is 12.0. The average Bonchev–Trinajstić information content (AvgIpc) is 2.46. The van der Waals surface area contributed by atoms with Crippen LogP contribution in [0.4, 0.5) is 0 Å². The van der Waals surface area contributed by atoms with E-state index in [2.05, 4.69) is 27.0 Å². The number of fused-ring (bicyclic) bond motifs is 1. The molecule has 4 heteroatoms. The van der Waals surface area contributed by atoms with Gasteiger partial charge in [0, 0.05) is 28.5 Å². The van der Waals surface area contributed by atoms with Gasteiger partial charge in [-0.1, -0.05) is 6.07 Å². The lowest BCUT2D eigenvalue weighted by Crippen LogP contribution is -2.04. The maximum Gasteiger partial charge on any atom is 0.134 e. The highest BCUT2D eigenvalue weighted by Gasteiger charge is 2.15. The first-order valence-electron chi connectivity index (χ1n) is 5.92. The Balaban J connectivity index is 1.93. The van der Waals surface area contributed by atoms with Crippen molar-refractivity contribution in [1.82, 2.24) is 4.98 Å². The lowest BCUT2D eigenvalue weighted by Gasteiger charge is -2.19. The Morgan fingerprint density at radius 3 is 2.95 bits per heavy atom. The molecule has 0 bridgehead atoms. The van der Waals surface area contributed by atoms with Crippen molar-refractivity contribution in [3.63, 3.8) is 0 Å². The summed E-state index contributed by atoms with van der Waals surface area (Å²) in [4.78, 5) is 4.16. The molecule has 3 nitrogen and oxygen atoms in total. The van der Waals surface area contributed by atoms with Crippen molar-refractivity contribution in [2.24, 2.45) is 0 Å². The summed E-state index contributed by atoms with van der Waals surface area (Å²) in [5.74, 6) is 2.47. The predicted octanol–water partition coefficient (Wildman–Crippen LogP) is 3.83. The van der Waals surface area contributed by atoms with Gasteiger partial charge in [-0.15, -0.1) is 0 Å².